The molecule has 2 atom stereocenters. The van der Waals surface area contributed by atoms with Crippen LogP contribution in [0.4, 0.5) is 5.69 Å². The molecule has 0 heterocycles. The van der Waals surface area contributed by atoms with Crippen molar-refractivity contribution in [2.75, 3.05) is 5.32 Å². The molecule has 2 N–H and O–H groups in total. The molecular weight excluding hydrogens is 230 g/mol. The predicted octanol–water partition coefficient (Wildman–Crippen LogP) is 2.35. The molecule has 0 spiro atoms. The average molecular weight is 247 g/mol. The Kier molecular flexibility index (Phi) is 3.36. The highest BCUT2D eigenvalue weighted by Crippen LogP contribution is 2.35. The molecule has 0 bridgehead atoms. The largest absolute Gasteiger partial charge is 0.481 e. The van der Waals surface area contributed by atoms with Gasteiger partial charge in [0.25, 0.3) is 0 Å². The van der Waals surface area contributed by atoms with Gasteiger partial charge in [0.2, 0.25) is 5.91 Å². The SMILES string of the molecule is Cc1ccc(NC(=O)C2CCC2C(=O)O)c(C)c1. The van der Waals surface area contributed by atoms with Crippen molar-refractivity contribution >= 4 is 17.6 Å². The highest BCUT2D eigenvalue weighted by molar-refractivity contribution is 5.96. The molecule has 1 saturated carbocycles. The summed E-state index contributed by atoms with van der Waals surface area (Å²) in [7, 11) is 0. The molecule has 4 heteroatoms. The van der Waals surface area contributed by atoms with Crippen molar-refractivity contribution in [2.24, 2.45) is 11.8 Å². The summed E-state index contributed by atoms with van der Waals surface area (Å²) < 4.78 is 0. The minimum absolute atomic E-state index is 0.180. The van der Waals surface area contributed by atoms with Crippen LogP contribution < -0.4 is 5.32 Å². The van der Waals surface area contributed by atoms with Crippen LogP contribution in [0.2, 0.25) is 0 Å². The monoisotopic (exact) mass is 247 g/mol. The molecule has 96 valence electrons. The Morgan fingerprint density at radius 1 is 1.22 bits per heavy atom. The van der Waals surface area contributed by atoms with Crippen molar-refractivity contribution in [3.05, 3.63) is 29.3 Å². The Morgan fingerprint density at radius 3 is 2.39 bits per heavy atom. The average Bonchev–Trinajstić information content (AvgIpc) is 2.19. The molecule has 0 aliphatic heterocycles. The van der Waals surface area contributed by atoms with Gasteiger partial charge in [-0.1, -0.05) is 17.7 Å². The van der Waals surface area contributed by atoms with Gasteiger partial charge >= 0.3 is 5.97 Å². The van der Waals surface area contributed by atoms with E-state index in [1.807, 2.05) is 32.0 Å². The van der Waals surface area contributed by atoms with Gasteiger partial charge in [0.15, 0.2) is 0 Å². The number of carboxylic acid groups (broad SMARTS) is 1. The third-order valence-electron chi connectivity index (χ3n) is 3.57. The zero-order chi connectivity index (χ0) is 13.3. The Labute approximate surface area is 106 Å². The van der Waals surface area contributed by atoms with Gasteiger partial charge in [0, 0.05) is 5.69 Å². The zero-order valence-corrected chi connectivity index (χ0v) is 10.6. The number of anilines is 1. The Balaban J connectivity index is 2.05. The second-order valence-electron chi connectivity index (χ2n) is 4.94. The zero-order valence-electron chi connectivity index (χ0n) is 10.6. The number of hydrogen-bond donors (Lipinski definition) is 2. The second kappa shape index (κ2) is 4.80. The number of benzene rings is 1. The predicted molar refractivity (Wildman–Crippen MR) is 68.4 cm³/mol. The van der Waals surface area contributed by atoms with Gasteiger partial charge in [-0.15, -0.1) is 0 Å². The van der Waals surface area contributed by atoms with Crippen LogP contribution in [0, 0.1) is 25.7 Å². The molecule has 0 radical (unpaired) electrons. The first-order valence-corrected chi connectivity index (χ1v) is 6.10. The van der Waals surface area contributed by atoms with Crippen molar-refractivity contribution in [2.45, 2.75) is 26.7 Å². The van der Waals surface area contributed by atoms with E-state index in [9.17, 15) is 9.59 Å². The van der Waals surface area contributed by atoms with Crippen molar-refractivity contribution < 1.29 is 14.7 Å². The molecule has 0 aromatic heterocycles. The molecule has 1 aromatic rings. The van der Waals surface area contributed by atoms with Crippen LogP contribution in [0.15, 0.2) is 18.2 Å². The lowest BCUT2D eigenvalue weighted by molar-refractivity contribution is -0.151. The number of aliphatic carboxylic acids is 1. The molecule has 2 rings (SSSR count). The first kappa shape index (κ1) is 12.6. The summed E-state index contributed by atoms with van der Waals surface area (Å²) in [6.45, 7) is 3.92. The van der Waals surface area contributed by atoms with E-state index >= 15 is 0 Å². The molecule has 0 saturated heterocycles. The van der Waals surface area contributed by atoms with E-state index in [-0.39, 0.29) is 11.8 Å². The third-order valence-corrected chi connectivity index (χ3v) is 3.57. The number of nitrogens with one attached hydrogen (secondary N) is 1. The minimum atomic E-state index is -0.873. The van der Waals surface area contributed by atoms with Gasteiger partial charge in [-0.2, -0.15) is 0 Å². The van der Waals surface area contributed by atoms with Crippen molar-refractivity contribution in [3.8, 4) is 0 Å². The summed E-state index contributed by atoms with van der Waals surface area (Å²) in [5.41, 5.74) is 2.90. The molecule has 4 nitrogen and oxygen atoms in total. The lowest BCUT2D eigenvalue weighted by Gasteiger charge is -2.32. The number of aryl methyl sites for hydroxylation is 2. The summed E-state index contributed by atoms with van der Waals surface area (Å²) in [6, 6.07) is 5.78. The van der Waals surface area contributed by atoms with Crippen LogP contribution in [0.3, 0.4) is 0 Å². The Bertz CT molecular complexity index is 496. The number of carboxylic acids is 1. The smallest absolute Gasteiger partial charge is 0.307 e. The van der Waals surface area contributed by atoms with Crippen molar-refractivity contribution in [3.63, 3.8) is 0 Å². The maximum absolute atomic E-state index is 12.0. The maximum atomic E-state index is 12.0. The third kappa shape index (κ3) is 2.37. The lowest BCUT2D eigenvalue weighted by Crippen LogP contribution is -2.41. The maximum Gasteiger partial charge on any atom is 0.307 e. The molecule has 1 amide bonds. The van der Waals surface area contributed by atoms with Crippen LogP contribution in [0.5, 0.6) is 0 Å². The highest BCUT2D eigenvalue weighted by atomic mass is 16.4. The molecule has 18 heavy (non-hydrogen) atoms. The van der Waals surface area contributed by atoms with Gasteiger partial charge in [-0.3, -0.25) is 9.59 Å². The molecule has 1 aromatic carbocycles. The minimum Gasteiger partial charge on any atom is -0.481 e. The quantitative estimate of drug-likeness (QED) is 0.861. The summed E-state index contributed by atoms with van der Waals surface area (Å²) in [6.07, 6.45) is 1.26. The first-order valence-electron chi connectivity index (χ1n) is 6.10. The molecule has 2 unspecified atom stereocenters. The number of hydrogen-bond acceptors (Lipinski definition) is 2. The first-order chi connectivity index (χ1) is 8.49. The van der Waals surface area contributed by atoms with Gasteiger partial charge in [-0.25, -0.2) is 0 Å². The van der Waals surface area contributed by atoms with Crippen LogP contribution in [-0.2, 0) is 9.59 Å². The van der Waals surface area contributed by atoms with E-state index in [0.29, 0.717) is 12.8 Å². The van der Waals surface area contributed by atoms with Gasteiger partial charge in [0.05, 0.1) is 11.8 Å². The van der Waals surface area contributed by atoms with Gasteiger partial charge in [0.1, 0.15) is 0 Å². The number of carbonyl (C=O) groups is 2. The molecular formula is C14H17NO3. The van der Waals surface area contributed by atoms with E-state index in [0.717, 1.165) is 16.8 Å². The fourth-order valence-corrected chi connectivity index (χ4v) is 2.29. The van der Waals surface area contributed by atoms with Crippen LogP contribution >= 0.6 is 0 Å². The Morgan fingerprint density at radius 2 is 1.89 bits per heavy atom. The summed E-state index contributed by atoms with van der Waals surface area (Å²) in [5, 5.41) is 11.8. The topological polar surface area (TPSA) is 66.4 Å². The lowest BCUT2D eigenvalue weighted by atomic mass is 9.73. The number of carbonyl (C=O) groups excluding carboxylic acids is 1. The molecule has 1 fully saturated rings. The highest BCUT2D eigenvalue weighted by Gasteiger charge is 2.41. The van der Waals surface area contributed by atoms with E-state index in [2.05, 4.69) is 5.32 Å². The van der Waals surface area contributed by atoms with Crippen molar-refractivity contribution in [1.29, 1.82) is 0 Å². The van der Waals surface area contributed by atoms with Crippen LogP contribution in [-0.4, -0.2) is 17.0 Å². The van der Waals surface area contributed by atoms with Crippen LogP contribution in [0.1, 0.15) is 24.0 Å². The number of amides is 1. The van der Waals surface area contributed by atoms with Gasteiger partial charge < -0.3 is 10.4 Å². The fraction of sp³-hybridized carbons (Fsp3) is 0.429. The van der Waals surface area contributed by atoms with Crippen molar-refractivity contribution in [1.82, 2.24) is 0 Å². The summed E-state index contributed by atoms with van der Waals surface area (Å²) in [4.78, 5) is 22.9. The second-order valence-corrected chi connectivity index (χ2v) is 4.94. The number of rotatable bonds is 3. The summed E-state index contributed by atoms with van der Waals surface area (Å²) >= 11 is 0. The Hall–Kier alpha value is -1.84. The normalized spacial score (nSPS) is 22.1. The molecule has 1 aliphatic carbocycles. The fourth-order valence-electron chi connectivity index (χ4n) is 2.29. The standard InChI is InChI=1S/C14H17NO3/c1-8-3-6-12(9(2)7-8)15-13(16)10-4-5-11(10)14(17)18/h3,6-7,10-11H,4-5H2,1-2H3,(H,15,16)(H,17,18). The van der Waals surface area contributed by atoms with E-state index in [1.54, 1.807) is 0 Å². The van der Waals surface area contributed by atoms with Crippen LogP contribution in [0.25, 0.3) is 0 Å². The molecule has 1 aliphatic rings. The van der Waals surface area contributed by atoms with Gasteiger partial charge in [-0.05, 0) is 38.3 Å². The van der Waals surface area contributed by atoms with E-state index < -0.39 is 11.9 Å². The van der Waals surface area contributed by atoms with E-state index in [4.69, 9.17) is 5.11 Å². The van der Waals surface area contributed by atoms with E-state index in [1.165, 1.54) is 0 Å². The summed E-state index contributed by atoms with van der Waals surface area (Å²) in [5.74, 6) is -1.96.